The van der Waals surface area contributed by atoms with E-state index in [9.17, 15) is 18.8 Å². The number of hydrogen-bond donors (Lipinski definition) is 2. The van der Waals surface area contributed by atoms with Gasteiger partial charge in [0.05, 0.1) is 17.6 Å². The van der Waals surface area contributed by atoms with Gasteiger partial charge in [-0.05, 0) is 60.6 Å². The van der Waals surface area contributed by atoms with Crippen molar-refractivity contribution < 1.29 is 14.0 Å². The number of hydrogen-bond acceptors (Lipinski definition) is 4. The van der Waals surface area contributed by atoms with Gasteiger partial charge in [-0.3, -0.25) is 14.4 Å². The Balaban J connectivity index is 1.68. The summed E-state index contributed by atoms with van der Waals surface area (Å²) in [5.74, 6) is -0.193. The van der Waals surface area contributed by atoms with Crippen LogP contribution < -0.4 is 10.9 Å². The van der Waals surface area contributed by atoms with Crippen molar-refractivity contribution in [1.29, 1.82) is 0 Å². The molecular formula is C27H34FN5O3. The topological polar surface area (TPSA) is 100 Å². The molecule has 0 radical (unpaired) electrons. The standard InChI is InChI=1S/C27H34FN5O3/c1-27(2,3)16-18-14-19(28)15-21-25(18)31-22(29-21)17-33-13-9-10-20(26(33)36)30-23(34)11-7-6-8-12-24(35)32(4)5/h8-10,12-15H,6-7,11,16-17H2,1-5H3,(H,29,31)(H,30,34)/b12-8+. The van der Waals surface area contributed by atoms with Gasteiger partial charge in [-0.15, -0.1) is 0 Å². The predicted molar refractivity (Wildman–Crippen MR) is 139 cm³/mol. The number of anilines is 1. The first-order valence-corrected chi connectivity index (χ1v) is 12.0. The van der Waals surface area contributed by atoms with E-state index >= 15 is 0 Å². The number of H-pyrrole nitrogens is 1. The molecule has 0 bridgehead atoms. The lowest BCUT2D eigenvalue weighted by atomic mass is 9.87. The second-order valence-electron chi connectivity index (χ2n) is 10.3. The van der Waals surface area contributed by atoms with Crippen LogP contribution in [-0.2, 0) is 22.6 Å². The summed E-state index contributed by atoms with van der Waals surface area (Å²) in [7, 11) is 3.34. The molecule has 2 heterocycles. The molecule has 1 aromatic carbocycles. The van der Waals surface area contributed by atoms with Gasteiger partial charge in [-0.2, -0.15) is 0 Å². The van der Waals surface area contributed by atoms with Crippen molar-refractivity contribution >= 4 is 28.5 Å². The highest BCUT2D eigenvalue weighted by Gasteiger charge is 2.17. The van der Waals surface area contributed by atoms with Crippen LogP contribution in [0.25, 0.3) is 11.0 Å². The number of nitrogens with one attached hydrogen (secondary N) is 2. The number of unbranched alkanes of at least 4 members (excludes halogenated alkanes) is 1. The van der Waals surface area contributed by atoms with Crippen molar-refractivity contribution in [3.8, 4) is 0 Å². The van der Waals surface area contributed by atoms with E-state index in [1.54, 1.807) is 38.5 Å². The van der Waals surface area contributed by atoms with Gasteiger partial charge in [0.1, 0.15) is 17.3 Å². The number of aromatic nitrogens is 3. The fraction of sp³-hybridized carbons (Fsp3) is 0.407. The zero-order valence-electron chi connectivity index (χ0n) is 21.5. The summed E-state index contributed by atoms with van der Waals surface area (Å²) < 4.78 is 15.6. The Bertz CT molecular complexity index is 1330. The van der Waals surface area contributed by atoms with Gasteiger partial charge in [0.2, 0.25) is 11.8 Å². The Morgan fingerprint density at radius 2 is 2.00 bits per heavy atom. The molecule has 0 aliphatic heterocycles. The predicted octanol–water partition coefficient (Wildman–Crippen LogP) is 4.25. The molecule has 3 aromatic rings. The number of imidazole rings is 1. The molecule has 36 heavy (non-hydrogen) atoms. The van der Waals surface area contributed by atoms with Gasteiger partial charge >= 0.3 is 0 Å². The first kappa shape index (κ1) is 26.8. The number of amides is 2. The van der Waals surface area contributed by atoms with Crippen LogP contribution in [0.5, 0.6) is 0 Å². The lowest BCUT2D eigenvalue weighted by molar-refractivity contribution is -0.123. The molecule has 2 amide bonds. The fourth-order valence-electron chi connectivity index (χ4n) is 3.83. The first-order chi connectivity index (χ1) is 16.9. The SMILES string of the molecule is CN(C)C(=O)/C=C/CCCC(=O)Nc1cccn(Cc2nc3c(CC(C)(C)C)cc(F)cc3[nH]2)c1=O. The van der Waals surface area contributed by atoms with Gasteiger partial charge < -0.3 is 19.8 Å². The molecule has 0 fully saturated rings. The van der Waals surface area contributed by atoms with Crippen LogP contribution in [0.2, 0.25) is 0 Å². The lowest BCUT2D eigenvalue weighted by Crippen LogP contribution is -2.26. The Labute approximate surface area is 210 Å². The minimum absolute atomic E-state index is 0.0384. The maximum atomic E-state index is 14.2. The minimum atomic E-state index is -0.358. The van der Waals surface area contributed by atoms with Crippen LogP contribution in [0.1, 0.15) is 51.4 Å². The van der Waals surface area contributed by atoms with Crippen LogP contribution in [-0.4, -0.2) is 45.3 Å². The number of likely N-dealkylation sites (N-methyl/N-ethyl adjacent to an activating group) is 1. The van der Waals surface area contributed by atoms with E-state index in [-0.39, 0.29) is 47.3 Å². The Morgan fingerprint density at radius 1 is 1.25 bits per heavy atom. The second kappa shape index (κ2) is 11.3. The number of fused-ring (bicyclic) bond motifs is 1. The zero-order chi connectivity index (χ0) is 26.5. The molecular weight excluding hydrogens is 461 g/mol. The molecule has 0 saturated heterocycles. The maximum Gasteiger partial charge on any atom is 0.274 e. The minimum Gasteiger partial charge on any atom is -0.345 e. The molecule has 3 rings (SSSR count). The van der Waals surface area contributed by atoms with Crippen molar-refractivity contribution in [1.82, 2.24) is 19.4 Å². The van der Waals surface area contributed by atoms with Gasteiger partial charge in [0.15, 0.2) is 0 Å². The number of rotatable bonds is 9. The summed E-state index contributed by atoms with van der Waals surface area (Å²) in [6.07, 6.45) is 6.85. The zero-order valence-corrected chi connectivity index (χ0v) is 21.5. The third-order valence-corrected chi connectivity index (χ3v) is 5.49. The molecule has 0 unspecified atom stereocenters. The average Bonchev–Trinajstić information content (AvgIpc) is 3.17. The van der Waals surface area contributed by atoms with Crippen LogP contribution in [0.3, 0.4) is 0 Å². The molecule has 0 aliphatic carbocycles. The highest BCUT2D eigenvalue weighted by molar-refractivity contribution is 5.90. The smallest absolute Gasteiger partial charge is 0.274 e. The molecule has 192 valence electrons. The largest absolute Gasteiger partial charge is 0.345 e. The molecule has 0 aliphatic rings. The third-order valence-electron chi connectivity index (χ3n) is 5.49. The summed E-state index contributed by atoms with van der Waals surface area (Å²) in [5, 5.41) is 2.67. The van der Waals surface area contributed by atoms with E-state index in [1.165, 1.54) is 27.7 Å². The summed E-state index contributed by atoms with van der Waals surface area (Å²) in [6.45, 7) is 6.40. The number of halogens is 1. The molecule has 0 spiro atoms. The Hall–Kier alpha value is -3.75. The van der Waals surface area contributed by atoms with Crippen LogP contribution in [0.4, 0.5) is 10.1 Å². The second-order valence-corrected chi connectivity index (χ2v) is 10.3. The Morgan fingerprint density at radius 3 is 2.69 bits per heavy atom. The number of carbonyl (C=O) groups is 2. The fourth-order valence-corrected chi connectivity index (χ4v) is 3.83. The third kappa shape index (κ3) is 7.37. The first-order valence-electron chi connectivity index (χ1n) is 12.0. The number of pyridine rings is 1. The maximum absolute atomic E-state index is 14.2. The van der Waals surface area contributed by atoms with Crippen LogP contribution in [0.15, 0.2) is 47.4 Å². The summed E-state index contributed by atoms with van der Waals surface area (Å²) >= 11 is 0. The van der Waals surface area contributed by atoms with Crippen LogP contribution >= 0.6 is 0 Å². The van der Waals surface area contributed by atoms with Crippen molar-refractivity contribution in [2.75, 3.05) is 19.4 Å². The number of benzene rings is 1. The molecule has 0 saturated carbocycles. The van der Waals surface area contributed by atoms with E-state index in [4.69, 9.17) is 0 Å². The summed E-state index contributed by atoms with van der Waals surface area (Å²) in [6, 6.07) is 6.15. The van der Waals surface area contributed by atoms with Crippen molar-refractivity contribution in [2.45, 2.75) is 53.0 Å². The highest BCUT2D eigenvalue weighted by atomic mass is 19.1. The van der Waals surface area contributed by atoms with Gasteiger partial charge in [0, 0.05) is 26.7 Å². The molecule has 8 nitrogen and oxygen atoms in total. The Kier molecular flexibility index (Phi) is 8.45. The molecule has 2 N–H and O–H groups in total. The van der Waals surface area contributed by atoms with Crippen molar-refractivity contribution in [2.24, 2.45) is 5.41 Å². The highest BCUT2D eigenvalue weighted by Crippen LogP contribution is 2.27. The van der Waals surface area contributed by atoms with Gasteiger partial charge in [-0.25, -0.2) is 9.37 Å². The number of carbonyl (C=O) groups excluding carboxylic acids is 2. The molecule has 0 atom stereocenters. The lowest BCUT2D eigenvalue weighted by Gasteiger charge is -2.18. The quantitative estimate of drug-likeness (QED) is 0.342. The van der Waals surface area contributed by atoms with E-state index in [0.29, 0.717) is 36.1 Å². The summed E-state index contributed by atoms with van der Waals surface area (Å²) in [5.41, 5.74) is 1.88. The van der Waals surface area contributed by atoms with Gasteiger partial charge in [-0.1, -0.05) is 26.8 Å². The van der Waals surface area contributed by atoms with E-state index in [1.807, 2.05) is 0 Å². The van der Waals surface area contributed by atoms with Crippen molar-refractivity contribution in [3.05, 3.63) is 70.2 Å². The van der Waals surface area contributed by atoms with Crippen molar-refractivity contribution in [3.63, 3.8) is 0 Å². The molecule has 2 aromatic heterocycles. The molecule has 9 heteroatoms. The number of allylic oxidation sites excluding steroid dienone is 1. The van der Waals surface area contributed by atoms with E-state index < -0.39 is 0 Å². The monoisotopic (exact) mass is 495 g/mol. The normalized spacial score (nSPS) is 11.8. The number of nitrogens with zero attached hydrogens (tertiary/aromatic N) is 3. The van der Waals surface area contributed by atoms with E-state index in [2.05, 4.69) is 36.1 Å². The average molecular weight is 496 g/mol. The van der Waals surface area contributed by atoms with Crippen LogP contribution in [0, 0.1) is 11.2 Å². The summed E-state index contributed by atoms with van der Waals surface area (Å²) in [4.78, 5) is 46.0. The van der Waals surface area contributed by atoms with E-state index in [0.717, 1.165) is 5.56 Å². The van der Waals surface area contributed by atoms with Gasteiger partial charge in [0.25, 0.3) is 5.56 Å². The number of aromatic amines is 1.